The van der Waals surface area contributed by atoms with E-state index in [9.17, 15) is 13.2 Å². The molecule has 6 nitrogen and oxygen atoms in total. The van der Waals surface area contributed by atoms with Crippen molar-refractivity contribution in [1.82, 2.24) is 9.21 Å². The van der Waals surface area contributed by atoms with Gasteiger partial charge in [-0.1, -0.05) is 24.3 Å². The Morgan fingerprint density at radius 1 is 1.13 bits per heavy atom. The molecule has 0 radical (unpaired) electrons. The van der Waals surface area contributed by atoms with Crippen molar-refractivity contribution in [1.29, 1.82) is 0 Å². The highest BCUT2D eigenvalue weighted by molar-refractivity contribution is 7.88. The van der Waals surface area contributed by atoms with Crippen LogP contribution in [-0.2, 0) is 14.8 Å². The molecule has 23 heavy (non-hydrogen) atoms. The van der Waals surface area contributed by atoms with Crippen LogP contribution in [0.25, 0.3) is 6.08 Å². The summed E-state index contributed by atoms with van der Waals surface area (Å²) < 4.78 is 30.0. The maximum atomic E-state index is 12.2. The van der Waals surface area contributed by atoms with Crippen molar-refractivity contribution >= 4 is 21.9 Å². The predicted octanol–water partition coefficient (Wildman–Crippen LogP) is 0.818. The molecule has 1 saturated heterocycles. The second-order valence-corrected chi connectivity index (χ2v) is 7.76. The van der Waals surface area contributed by atoms with Crippen molar-refractivity contribution in [3.05, 3.63) is 41.2 Å². The van der Waals surface area contributed by atoms with E-state index >= 15 is 0 Å². The van der Waals surface area contributed by atoms with Crippen LogP contribution in [-0.4, -0.2) is 69.0 Å². The Bertz CT molecular complexity index is 734. The van der Waals surface area contributed by atoms with E-state index in [0.29, 0.717) is 50.7 Å². The molecule has 0 N–H and O–H groups in total. The quantitative estimate of drug-likeness (QED) is 0.796. The van der Waals surface area contributed by atoms with E-state index in [4.69, 9.17) is 4.74 Å². The van der Waals surface area contributed by atoms with Gasteiger partial charge in [0, 0.05) is 38.3 Å². The van der Waals surface area contributed by atoms with Gasteiger partial charge in [0.05, 0.1) is 6.26 Å². The Morgan fingerprint density at radius 2 is 1.83 bits per heavy atom. The normalized spacial score (nSPS) is 19.5. The van der Waals surface area contributed by atoms with E-state index in [2.05, 4.69) is 4.90 Å². The number of ether oxygens (including phenoxy) is 1. The topological polar surface area (TPSA) is 66.9 Å². The zero-order valence-corrected chi connectivity index (χ0v) is 13.9. The fourth-order valence-electron chi connectivity index (χ4n) is 2.85. The summed E-state index contributed by atoms with van der Waals surface area (Å²) in [6.07, 6.45) is 3.01. The zero-order chi connectivity index (χ0) is 16.4. The smallest absolute Gasteiger partial charge is 0.228 e. The van der Waals surface area contributed by atoms with Crippen LogP contribution in [0.15, 0.2) is 30.0 Å². The van der Waals surface area contributed by atoms with Crippen LogP contribution in [0.1, 0.15) is 15.9 Å². The lowest BCUT2D eigenvalue weighted by Crippen LogP contribution is -2.49. The number of fused-ring (bicyclic) bond motifs is 1. The SMILES string of the molecule is CS(=O)(=O)N1CCN(CCOC2=Cc3ccccc3C2=O)CC1. The van der Waals surface area contributed by atoms with Crippen molar-refractivity contribution in [2.75, 3.05) is 45.6 Å². The van der Waals surface area contributed by atoms with E-state index < -0.39 is 10.0 Å². The fourth-order valence-corrected chi connectivity index (χ4v) is 3.67. The third-order valence-electron chi connectivity index (χ3n) is 4.18. The lowest BCUT2D eigenvalue weighted by atomic mass is 10.1. The van der Waals surface area contributed by atoms with Gasteiger partial charge < -0.3 is 4.74 Å². The average Bonchev–Trinajstić information content (AvgIpc) is 2.84. The van der Waals surface area contributed by atoms with Gasteiger partial charge >= 0.3 is 0 Å². The Labute approximate surface area is 136 Å². The van der Waals surface area contributed by atoms with Gasteiger partial charge in [-0.25, -0.2) is 8.42 Å². The number of piperazine rings is 1. The summed E-state index contributed by atoms with van der Waals surface area (Å²) in [4.78, 5) is 14.3. The molecule has 1 aliphatic carbocycles. The third-order valence-corrected chi connectivity index (χ3v) is 5.48. The third kappa shape index (κ3) is 3.63. The van der Waals surface area contributed by atoms with Crippen LogP contribution in [0, 0.1) is 0 Å². The lowest BCUT2D eigenvalue weighted by molar-refractivity contribution is 0.0880. The molecule has 0 amide bonds. The molecule has 1 fully saturated rings. The average molecular weight is 336 g/mol. The van der Waals surface area contributed by atoms with Gasteiger partial charge in [0.25, 0.3) is 0 Å². The molecule has 0 saturated carbocycles. The second kappa shape index (κ2) is 6.43. The van der Waals surface area contributed by atoms with Gasteiger partial charge in [-0.05, 0) is 11.6 Å². The number of carbonyl (C=O) groups excluding carboxylic acids is 1. The van der Waals surface area contributed by atoms with Crippen LogP contribution >= 0.6 is 0 Å². The Morgan fingerprint density at radius 3 is 2.48 bits per heavy atom. The van der Waals surface area contributed by atoms with Crippen molar-refractivity contribution in [3.8, 4) is 0 Å². The minimum Gasteiger partial charge on any atom is -0.488 e. The Hall–Kier alpha value is -1.70. The molecule has 1 heterocycles. The van der Waals surface area contributed by atoms with Crippen molar-refractivity contribution in [3.63, 3.8) is 0 Å². The first-order valence-electron chi connectivity index (χ1n) is 7.61. The highest BCUT2D eigenvalue weighted by Gasteiger charge is 2.25. The maximum Gasteiger partial charge on any atom is 0.228 e. The van der Waals surface area contributed by atoms with E-state index in [1.165, 1.54) is 10.6 Å². The van der Waals surface area contributed by atoms with E-state index in [-0.39, 0.29) is 5.78 Å². The number of rotatable bonds is 5. The van der Waals surface area contributed by atoms with Crippen LogP contribution < -0.4 is 0 Å². The summed E-state index contributed by atoms with van der Waals surface area (Å²) in [5.74, 6) is 0.323. The molecule has 1 aromatic rings. The number of ketones is 1. The van der Waals surface area contributed by atoms with Gasteiger partial charge in [0.15, 0.2) is 5.76 Å². The Kier molecular flexibility index (Phi) is 4.52. The predicted molar refractivity (Wildman–Crippen MR) is 87.6 cm³/mol. The first-order valence-corrected chi connectivity index (χ1v) is 9.46. The summed E-state index contributed by atoms with van der Waals surface area (Å²) in [5.41, 5.74) is 1.58. The minimum atomic E-state index is -3.10. The number of sulfonamides is 1. The molecular formula is C16H20N2O4S. The van der Waals surface area contributed by atoms with Crippen molar-refractivity contribution < 1.29 is 17.9 Å². The molecule has 1 aromatic carbocycles. The number of Topliss-reactive ketones (excluding diaryl/α,β-unsaturated/α-hetero) is 1. The van der Waals surface area contributed by atoms with E-state index in [1.54, 1.807) is 12.1 Å². The first kappa shape index (κ1) is 16.2. The molecule has 0 unspecified atom stereocenters. The highest BCUT2D eigenvalue weighted by atomic mass is 32.2. The minimum absolute atomic E-state index is 0.0671. The molecule has 3 rings (SSSR count). The molecular weight excluding hydrogens is 316 g/mol. The molecule has 0 aromatic heterocycles. The first-order chi connectivity index (χ1) is 10.9. The van der Waals surface area contributed by atoms with E-state index in [0.717, 1.165) is 5.56 Å². The molecule has 0 bridgehead atoms. The van der Waals surface area contributed by atoms with E-state index in [1.807, 2.05) is 18.2 Å². The van der Waals surface area contributed by atoms with Gasteiger partial charge in [0.1, 0.15) is 6.61 Å². The Balaban J connectivity index is 1.46. The summed E-state index contributed by atoms with van der Waals surface area (Å²) in [5, 5.41) is 0. The molecule has 124 valence electrons. The fraction of sp³-hybridized carbons (Fsp3) is 0.438. The summed E-state index contributed by atoms with van der Waals surface area (Å²) >= 11 is 0. The summed E-state index contributed by atoms with van der Waals surface area (Å²) in [6.45, 7) is 3.48. The second-order valence-electron chi connectivity index (χ2n) is 5.78. The number of hydrogen-bond acceptors (Lipinski definition) is 5. The molecule has 2 aliphatic rings. The summed E-state index contributed by atoms with van der Waals surface area (Å²) in [7, 11) is -3.10. The van der Waals surface area contributed by atoms with Gasteiger partial charge in [-0.2, -0.15) is 4.31 Å². The monoisotopic (exact) mass is 336 g/mol. The van der Waals surface area contributed by atoms with Gasteiger partial charge in [-0.15, -0.1) is 0 Å². The van der Waals surface area contributed by atoms with Crippen molar-refractivity contribution in [2.24, 2.45) is 0 Å². The number of hydrogen-bond donors (Lipinski definition) is 0. The lowest BCUT2D eigenvalue weighted by Gasteiger charge is -2.33. The number of carbonyl (C=O) groups is 1. The maximum absolute atomic E-state index is 12.2. The molecule has 7 heteroatoms. The number of allylic oxidation sites excluding steroid dienone is 1. The highest BCUT2D eigenvalue weighted by Crippen LogP contribution is 2.25. The van der Waals surface area contributed by atoms with Crippen molar-refractivity contribution in [2.45, 2.75) is 0 Å². The van der Waals surface area contributed by atoms with Crippen LogP contribution in [0.3, 0.4) is 0 Å². The van der Waals surface area contributed by atoms with Gasteiger partial charge in [-0.3, -0.25) is 9.69 Å². The number of nitrogens with zero attached hydrogens (tertiary/aromatic N) is 2. The summed E-state index contributed by atoms with van der Waals surface area (Å²) in [6, 6.07) is 7.44. The molecule has 0 atom stereocenters. The molecule has 0 spiro atoms. The molecule has 1 aliphatic heterocycles. The standard InChI is InChI=1S/C16H20N2O4S/c1-23(20,21)18-8-6-17(7-9-18)10-11-22-15-12-13-4-2-3-5-14(13)16(15)19/h2-5,12H,6-11H2,1H3. The van der Waals surface area contributed by atoms with Gasteiger partial charge in [0.2, 0.25) is 15.8 Å². The largest absolute Gasteiger partial charge is 0.488 e. The van der Waals surface area contributed by atoms with Crippen LogP contribution in [0.4, 0.5) is 0 Å². The zero-order valence-electron chi connectivity index (χ0n) is 13.1. The number of benzene rings is 1. The van der Waals surface area contributed by atoms with Crippen LogP contribution in [0.5, 0.6) is 0 Å². The van der Waals surface area contributed by atoms with Crippen LogP contribution in [0.2, 0.25) is 0 Å².